The number of amides is 1. The highest BCUT2D eigenvalue weighted by Crippen LogP contribution is 2.45. The zero-order chi connectivity index (χ0) is 27.5. The van der Waals surface area contributed by atoms with Crippen LogP contribution in [-0.4, -0.2) is 49.2 Å². The second-order valence-electron chi connectivity index (χ2n) is 9.00. The van der Waals surface area contributed by atoms with E-state index in [4.69, 9.17) is 4.74 Å². The zero-order valence-electron chi connectivity index (χ0n) is 21.3. The van der Waals surface area contributed by atoms with E-state index in [1.54, 1.807) is 24.4 Å². The van der Waals surface area contributed by atoms with Gasteiger partial charge in [0.15, 0.2) is 28.2 Å². The van der Waals surface area contributed by atoms with Gasteiger partial charge in [-0.1, -0.05) is 23.5 Å². The molecule has 1 unspecified atom stereocenters. The number of pyridine rings is 1. The van der Waals surface area contributed by atoms with Gasteiger partial charge in [-0.15, -0.1) is 0 Å². The largest absolute Gasteiger partial charge is 0.505 e. The molecular weight excluding hydrogens is 508 g/mol. The van der Waals surface area contributed by atoms with Gasteiger partial charge in [-0.05, 0) is 50.1 Å². The van der Waals surface area contributed by atoms with Crippen LogP contribution in [0, 0.1) is 20.8 Å². The highest BCUT2D eigenvalue weighted by atomic mass is 32.1. The number of ketones is 2. The van der Waals surface area contributed by atoms with Crippen molar-refractivity contribution in [1.82, 2.24) is 14.4 Å². The summed E-state index contributed by atoms with van der Waals surface area (Å²) in [7, 11) is 1.38. The van der Waals surface area contributed by atoms with Crippen LogP contribution in [-0.2, 0) is 9.59 Å². The number of thiazole rings is 1. The van der Waals surface area contributed by atoms with Crippen molar-refractivity contribution in [2.45, 2.75) is 33.7 Å². The molecule has 0 saturated carbocycles. The summed E-state index contributed by atoms with van der Waals surface area (Å²) in [6.07, 6.45) is 1.80. The van der Waals surface area contributed by atoms with Crippen molar-refractivity contribution in [3.63, 3.8) is 0 Å². The van der Waals surface area contributed by atoms with Gasteiger partial charge in [0.1, 0.15) is 11.3 Å². The standard InChI is InChI=1S/C27H24N4O6S/c1-12-7-6-10-30-14(3)20(29-25(12)30)22(34)19-21(16-8-9-17(33)18(11-16)37-5)31(26(36)23(19)35)27-28-13(2)24(38-27)15(4)32/h6-11,21,33-34H,1-5H3/b22-19+. The minimum atomic E-state index is -1.12. The van der Waals surface area contributed by atoms with E-state index in [1.165, 1.54) is 37.1 Å². The van der Waals surface area contributed by atoms with E-state index in [0.717, 1.165) is 16.9 Å². The molecule has 38 heavy (non-hydrogen) atoms. The van der Waals surface area contributed by atoms with Crippen molar-refractivity contribution in [2.75, 3.05) is 12.0 Å². The number of imidazole rings is 1. The van der Waals surface area contributed by atoms with Crippen LogP contribution in [0.1, 0.15) is 50.8 Å². The van der Waals surface area contributed by atoms with E-state index in [2.05, 4.69) is 9.97 Å². The molecule has 1 fully saturated rings. The van der Waals surface area contributed by atoms with Crippen molar-refractivity contribution < 1.29 is 29.3 Å². The molecule has 0 radical (unpaired) electrons. The third-order valence-electron chi connectivity index (χ3n) is 6.58. The van der Waals surface area contributed by atoms with Gasteiger partial charge in [-0.25, -0.2) is 9.97 Å². The summed E-state index contributed by atoms with van der Waals surface area (Å²) >= 11 is 0.988. The van der Waals surface area contributed by atoms with Crippen LogP contribution in [0.4, 0.5) is 5.13 Å². The number of ether oxygens (including phenoxy) is 1. The molecule has 2 N–H and O–H groups in total. The molecule has 10 nitrogen and oxygen atoms in total. The lowest BCUT2D eigenvalue weighted by Crippen LogP contribution is -2.29. The lowest BCUT2D eigenvalue weighted by atomic mass is 9.96. The Balaban J connectivity index is 1.79. The Morgan fingerprint density at radius 3 is 2.50 bits per heavy atom. The number of phenols is 1. The molecule has 1 saturated heterocycles. The Bertz CT molecular complexity index is 1700. The molecule has 1 atom stereocenters. The van der Waals surface area contributed by atoms with Gasteiger partial charge >= 0.3 is 5.91 Å². The number of methoxy groups -OCH3 is 1. The van der Waals surface area contributed by atoms with Crippen molar-refractivity contribution in [3.05, 3.63) is 75.2 Å². The highest BCUT2D eigenvalue weighted by molar-refractivity contribution is 7.18. The maximum Gasteiger partial charge on any atom is 0.301 e. The number of aliphatic hydroxyl groups excluding tert-OH is 1. The number of hydrogen-bond acceptors (Lipinski definition) is 9. The molecule has 3 aromatic heterocycles. The van der Waals surface area contributed by atoms with Gasteiger partial charge in [-0.3, -0.25) is 19.3 Å². The quantitative estimate of drug-likeness (QED) is 0.169. The fourth-order valence-electron chi connectivity index (χ4n) is 4.70. The van der Waals surface area contributed by atoms with Crippen molar-refractivity contribution in [2.24, 2.45) is 0 Å². The molecule has 1 aliphatic heterocycles. The molecule has 1 amide bonds. The lowest BCUT2D eigenvalue weighted by molar-refractivity contribution is -0.132. The van der Waals surface area contributed by atoms with E-state index in [-0.39, 0.29) is 33.7 Å². The van der Waals surface area contributed by atoms with Crippen LogP contribution in [0.3, 0.4) is 0 Å². The number of phenolic OH excluding ortho intramolecular Hbond substituents is 1. The molecule has 0 aliphatic carbocycles. The third-order valence-corrected chi connectivity index (χ3v) is 7.84. The van der Waals surface area contributed by atoms with Crippen molar-refractivity contribution in [3.8, 4) is 11.5 Å². The normalized spacial score (nSPS) is 17.0. The summed E-state index contributed by atoms with van der Waals surface area (Å²) in [6.45, 7) is 6.68. The molecule has 4 aromatic rings. The molecule has 1 aliphatic rings. The van der Waals surface area contributed by atoms with Crippen LogP contribution in [0.5, 0.6) is 11.5 Å². The number of aromatic nitrogens is 3. The SMILES string of the molecule is COc1cc(C2/C(=C(\O)c3nc4c(C)cccn4c3C)C(=O)C(=O)N2c2nc(C)c(C(C)=O)s2)ccc1O. The highest BCUT2D eigenvalue weighted by Gasteiger charge is 2.49. The predicted octanol–water partition coefficient (Wildman–Crippen LogP) is 4.26. The summed E-state index contributed by atoms with van der Waals surface area (Å²) in [4.78, 5) is 49.6. The fraction of sp³-hybridized carbons (Fsp3) is 0.222. The molecule has 194 valence electrons. The number of anilines is 1. The van der Waals surface area contributed by atoms with Gasteiger partial charge < -0.3 is 19.4 Å². The first-order chi connectivity index (χ1) is 18.0. The van der Waals surface area contributed by atoms with Gasteiger partial charge in [0, 0.05) is 13.1 Å². The number of aliphatic hydroxyl groups is 1. The molecular formula is C27H24N4O6S. The maximum atomic E-state index is 13.5. The monoisotopic (exact) mass is 532 g/mol. The second kappa shape index (κ2) is 9.10. The van der Waals surface area contributed by atoms with Crippen LogP contribution in [0.15, 0.2) is 42.1 Å². The van der Waals surface area contributed by atoms with Gasteiger partial charge in [0.05, 0.1) is 35.0 Å². The number of Topliss-reactive ketones (excluding diaryl/α,β-unsaturated/α-hetero) is 2. The van der Waals surface area contributed by atoms with E-state index in [9.17, 15) is 24.6 Å². The van der Waals surface area contributed by atoms with Crippen LogP contribution in [0.2, 0.25) is 0 Å². The number of carbonyl (C=O) groups excluding carboxylic acids is 3. The third kappa shape index (κ3) is 3.74. The number of hydrogen-bond donors (Lipinski definition) is 2. The second-order valence-corrected chi connectivity index (χ2v) is 9.98. The summed E-state index contributed by atoms with van der Waals surface area (Å²) in [5.41, 5.74) is 2.83. The fourth-order valence-corrected chi connectivity index (χ4v) is 5.68. The Labute approximate surface area is 221 Å². The number of carbonyl (C=O) groups is 3. The van der Waals surface area contributed by atoms with Crippen molar-refractivity contribution in [1.29, 1.82) is 0 Å². The summed E-state index contributed by atoms with van der Waals surface area (Å²) in [5, 5.41) is 21.9. The molecule has 0 bridgehead atoms. The number of aromatic hydroxyl groups is 1. The minimum absolute atomic E-state index is 0.118. The lowest BCUT2D eigenvalue weighted by Gasteiger charge is -2.23. The first-order valence-corrected chi connectivity index (χ1v) is 12.5. The van der Waals surface area contributed by atoms with Gasteiger partial charge in [-0.2, -0.15) is 0 Å². The summed E-state index contributed by atoms with van der Waals surface area (Å²) < 4.78 is 7.05. The first kappa shape index (κ1) is 25.2. The summed E-state index contributed by atoms with van der Waals surface area (Å²) in [6, 6.07) is 6.99. The number of aryl methyl sites for hydroxylation is 3. The van der Waals surface area contributed by atoms with E-state index in [0.29, 0.717) is 27.5 Å². The van der Waals surface area contributed by atoms with Gasteiger partial charge in [0.25, 0.3) is 5.78 Å². The number of rotatable bonds is 5. The average Bonchev–Trinajstić information content (AvgIpc) is 3.52. The van der Waals surface area contributed by atoms with E-state index in [1.807, 2.05) is 19.1 Å². The predicted molar refractivity (Wildman–Crippen MR) is 141 cm³/mol. The molecule has 1 aromatic carbocycles. The average molecular weight is 533 g/mol. The van der Waals surface area contributed by atoms with Crippen LogP contribution < -0.4 is 9.64 Å². The minimum Gasteiger partial charge on any atom is -0.505 e. The topological polar surface area (TPSA) is 134 Å². The Kier molecular flexibility index (Phi) is 6.03. The smallest absolute Gasteiger partial charge is 0.301 e. The molecule has 11 heteroatoms. The summed E-state index contributed by atoms with van der Waals surface area (Å²) in [5.74, 6) is -2.52. The Morgan fingerprint density at radius 2 is 1.87 bits per heavy atom. The van der Waals surface area contributed by atoms with E-state index < -0.39 is 23.5 Å². The molecule has 5 rings (SSSR count). The number of benzene rings is 1. The number of nitrogens with zero attached hydrogens (tertiary/aromatic N) is 4. The first-order valence-electron chi connectivity index (χ1n) is 11.7. The van der Waals surface area contributed by atoms with E-state index >= 15 is 0 Å². The van der Waals surface area contributed by atoms with Crippen molar-refractivity contribution >= 4 is 45.3 Å². The van der Waals surface area contributed by atoms with Crippen LogP contribution >= 0.6 is 11.3 Å². The Morgan fingerprint density at radius 1 is 1.13 bits per heavy atom. The van der Waals surface area contributed by atoms with Crippen LogP contribution in [0.25, 0.3) is 11.4 Å². The zero-order valence-corrected chi connectivity index (χ0v) is 22.1. The number of fused-ring (bicyclic) bond motifs is 1. The van der Waals surface area contributed by atoms with Gasteiger partial charge in [0.2, 0.25) is 0 Å². The molecule has 4 heterocycles. The molecule has 0 spiro atoms. The maximum absolute atomic E-state index is 13.5. The Hall–Kier alpha value is -4.51.